The van der Waals surface area contributed by atoms with Crippen LogP contribution in [0, 0.1) is 0 Å². The van der Waals surface area contributed by atoms with Crippen LogP contribution in [0.1, 0.15) is 43.5 Å². The Balaban J connectivity index is 2.07. The van der Waals surface area contributed by atoms with Gasteiger partial charge in [-0.15, -0.1) is 0 Å². The van der Waals surface area contributed by atoms with E-state index in [4.69, 9.17) is 11.6 Å². The Morgan fingerprint density at radius 2 is 2.05 bits per heavy atom. The molecule has 0 bridgehead atoms. The van der Waals surface area contributed by atoms with Gasteiger partial charge in [0.2, 0.25) is 0 Å². The van der Waals surface area contributed by atoms with Gasteiger partial charge in [0.15, 0.2) is 0 Å². The molecule has 1 unspecified atom stereocenters. The van der Waals surface area contributed by atoms with E-state index in [0.29, 0.717) is 0 Å². The largest absolute Gasteiger partial charge is 0.308 e. The van der Waals surface area contributed by atoms with Gasteiger partial charge in [0.25, 0.3) is 0 Å². The molecule has 2 aromatic rings. The number of hydrogen-bond acceptors (Lipinski definition) is 2. The fourth-order valence-electron chi connectivity index (χ4n) is 3.57. The smallest absolute Gasteiger partial charge is 0.0834 e. The molecule has 3 rings (SSSR count). The van der Waals surface area contributed by atoms with Crippen molar-refractivity contribution in [2.45, 2.75) is 37.6 Å². The van der Waals surface area contributed by atoms with Gasteiger partial charge in [-0.2, -0.15) is 5.10 Å². The van der Waals surface area contributed by atoms with Crippen LogP contribution in [0.4, 0.5) is 0 Å². The molecule has 21 heavy (non-hydrogen) atoms. The highest BCUT2D eigenvalue weighted by Gasteiger charge is 2.47. The molecule has 3 nitrogen and oxygen atoms in total. The van der Waals surface area contributed by atoms with Crippen LogP contribution >= 0.6 is 11.6 Å². The second kappa shape index (κ2) is 5.82. The van der Waals surface area contributed by atoms with Gasteiger partial charge in [-0.05, 0) is 24.9 Å². The van der Waals surface area contributed by atoms with E-state index in [1.807, 2.05) is 11.7 Å². The van der Waals surface area contributed by atoms with Gasteiger partial charge >= 0.3 is 0 Å². The first-order valence-electron chi connectivity index (χ1n) is 7.65. The van der Waals surface area contributed by atoms with Crippen molar-refractivity contribution < 1.29 is 0 Å². The lowest BCUT2D eigenvalue weighted by molar-refractivity contribution is 0.165. The molecule has 0 aliphatic heterocycles. The van der Waals surface area contributed by atoms with E-state index >= 15 is 0 Å². The molecule has 1 aromatic carbocycles. The summed E-state index contributed by atoms with van der Waals surface area (Å²) in [6.07, 6.45) is 5.40. The van der Waals surface area contributed by atoms with Crippen LogP contribution in [0.5, 0.6) is 0 Å². The Morgan fingerprint density at radius 3 is 2.52 bits per heavy atom. The second-order valence-electron chi connectivity index (χ2n) is 5.87. The zero-order chi connectivity index (χ0) is 14.9. The molecular formula is C17H22ClN3. The number of aryl methyl sites for hydroxylation is 1. The normalized spacial score (nSPS) is 18.2. The van der Waals surface area contributed by atoms with Crippen molar-refractivity contribution in [3.05, 3.63) is 52.8 Å². The van der Waals surface area contributed by atoms with Gasteiger partial charge in [0.05, 0.1) is 23.0 Å². The Kier molecular flexibility index (Phi) is 4.05. The summed E-state index contributed by atoms with van der Waals surface area (Å²) >= 11 is 6.43. The maximum Gasteiger partial charge on any atom is 0.0834 e. The van der Waals surface area contributed by atoms with Crippen molar-refractivity contribution in [3.8, 4) is 0 Å². The fourth-order valence-corrected chi connectivity index (χ4v) is 3.85. The molecule has 1 saturated carbocycles. The first-order chi connectivity index (χ1) is 10.2. The van der Waals surface area contributed by atoms with Gasteiger partial charge in [-0.1, -0.05) is 55.3 Å². The van der Waals surface area contributed by atoms with Gasteiger partial charge in [0.1, 0.15) is 0 Å². The maximum absolute atomic E-state index is 6.43. The summed E-state index contributed by atoms with van der Waals surface area (Å²) in [5.41, 5.74) is 2.64. The lowest BCUT2D eigenvalue weighted by atomic mass is 9.59. The SMILES string of the molecule is CCNC(c1c(Cl)cnn1C)C1(c2ccccc2)CCC1. The van der Waals surface area contributed by atoms with Crippen LogP contribution in [-0.4, -0.2) is 16.3 Å². The zero-order valence-corrected chi connectivity index (χ0v) is 13.4. The van der Waals surface area contributed by atoms with Crippen molar-refractivity contribution in [1.29, 1.82) is 0 Å². The van der Waals surface area contributed by atoms with Crippen molar-refractivity contribution in [1.82, 2.24) is 15.1 Å². The summed E-state index contributed by atoms with van der Waals surface area (Å²) in [7, 11) is 1.98. The summed E-state index contributed by atoms with van der Waals surface area (Å²) in [5, 5.41) is 8.75. The molecule has 1 N–H and O–H groups in total. The summed E-state index contributed by atoms with van der Waals surface area (Å²) in [5.74, 6) is 0. The Labute approximate surface area is 131 Å². The molecule has 0 saturated heterocycles. The first-order valence-corrected chi connectivity index (χ1v) is 8.03. The van der Waals surface area contributed by atoms with Crippen LogP contribution in [0.2, 0.25) is 5.02 Å². The number of hydrogen-bond donors (Lipinski definition) is 1. The molecular weight excluding hydrogens is 282 g/mol. The monoisotopic (exact) mass is 303 g/mol. The van der Waals surface area contributed by atoms with Crippen molar-refractivity contribution in [2.75, 3.05) is 6.54 Å². The molecule has 0 radical (unpaired) electrons. The minimum Gasteiger partial charge on any atom is -0.308 e. The number of nitrogens with zero attached hydrogens (tertiary/aromatic N) is 2. The highest BCUT2D eigenvalue weighted by molar-refractivity contribution is 6.31. The maximum atomic E-state index is 6.43. The average molecular weight is 304 g/mol. The van der Waals surface area contributed by atoms with Gasteiger partial charge in [0, 0.05) is 12.5 Å². The topological polar surface area (TPSA) is 29.9 Å². The van der Waals surface area contributed by atoms with Crippen molar-refractivity contribution in [2.24, 2.45) is 7.05 Å². The van der Waals surface area contributed by atoms with E-state index in [-0.39, 0.29) is 11.5 Å². The predicted octanol–water partition coefficient (Wildman–Crippen LogP) is 3.85. The van der Waals surface area contributed by atoms with Crippen molar-refractivity contribution >= 4 is 11.6 Å². The van der Waals surface area contributed by atoms with E-state index < -0.39 is 0 Å². The third kappa shape index (κ3) is 2.39. The number of aromatic nitrogens is 2. The number of rotatable bonds is 5. The summed E-state index contributed by atoms with van der Waals surface area (Å²) in [6, 6.07) is 11.0. The quantitative estimate of drug-likeness (QED) is 0.909. The van der Waals surface area contributed by atoms with Gasteiger partial charge < -0.3 is 5.32 Å². The molecule has 4 heteroatoms. The Bertz CT molecular complexity index is 582. The summed E-state index contributed by atoms with van der Waals surface area (Å²) < 4.78 is 1.92. The van der Waals surface area contributed by atoms with Crippen molar-refractivity contribution in [3.63, 3.8) is 0 Å². The molecule has 1 atom stereocenters. The van der Waals surface area contributed by atoms with Gasteiger partial charge in [-0.25, -0.2) is 0 Å². The molecule has 1 heterocycles. The third-order valence-corrected chi connectivity index (χ3v) is 5.06. The standard InChI is InChI=1S/C17H22ClN3/c1-3-19-16(15-14(18)12-20-21(15)2)17(10-7-11-17)13-8-5-4-6-9-13/h4-6,8-9,12,16,19H,3,7,10-11H2,1-2H3. The van der Waals surface area contributed by atoms with E-state index in [1.54, 1.807) is 6.20 Å². The number of benzene rings is 1. The molecule has 112 valence electrons. The fraction of sp³-hybridized carbons (Fsp3) is 0.471. The second-order valence-corrected chi connectivity index (χ2v) is 6.27. The minimum atomic E-state index is 0.134. The Morgan fingerprint density at radius 1 is 1.33 bits per heavy atom. The first kappa shape index (κ1) is 14.6. The molecule has 1 aromatic heterocycles. The van der Waals surface area contributed by atoms with E-state index in [1.165, 1.54) is 24.8 Å². The zero-order valence-electron chi connectivity index (χ0n) is 12.6. The predicted molar refractivity (Wildman–Crippen MR) is 86.6 cm³/mol. The lowest BCUT2D eigenvalue weighted by Gasteiger charge is -2.48. The third-order valence-electron chi connectivity index (χ3n) is 4.77. The van der Waals surface area contributed by atoms with Crippen LogP contribution in [-0.2, 0) is 12.5 Å². The molecule has 0 amide bonds. The van der Waals surface area contributed by atoms with E-state index in [0.717, 1.165) is 17.3 Å². The minimum absolute atomic E-state index is 0.134. The highest BCUT2D eigenvalue weighted by atomic mass is 35.5. The molecule has 1 aliphatic rings. The number of nitrogens with one attached hydrogen (secondary N) is 1. The molecule has 0 spiro atoms. The van der Waals surface area contributed by atoms with Crippen LogP contribution in [0.3, 0.4) is 0 Å². The van der Waals surface area contributed by atoms with E-state index in [9.17, 15) is 0 Å². The Hall–Kier alpha value is -1.32. The molecule has 1 fully saturated rings. The lowest BCUT2D eigenvalue weighted by Crippen LogP contribution is -2.47. The van der Waals surface area contributed by atoms with Crippen LogP contribution < -0.4 is 5.32 Å². The molecule has 1 aliphatic carbocycles. The highest BCUT2D eigenvalue weighted by Crippen LogP contribution is 2.52. The van der Waals surface area contributed by atoms with E-state index in [2.05, 4.69) is 47.7 Å². The number of halogens is 1. The van der Waals surface area contributed by atoms with Crippen LogP contribution in [0.25, 0.3) is 0 Å². The average Bonchev–Trinajstić information content (AvgIpc) is 2.77. The summed E-state index contributed by atoms with van der Waals surface area (Å²) in [6.45, 7) is 3.06. The van der Waals surface area contributed by atoms with Gasteiger partial charge in [-0.3, -0.25) is 4.68 Å². The summed E-state index contributed by atoms with van der Waals surface area (Å²) in [4.78, 5) is 0. The number of likely N-dealkylation sites (N-methyl/N-ethyl adjacent to an activating group) is 1. The van der Waals surface area contributed by atoms with Crippen LogP contribution in [0.15, 0.2) is 36.5 Å².